The molecule has 0 radical (unpaired) electrons. The van der Waals surface area contributed by atoms with E-state index in [9.17, 15) is 0 Å². The Morgan fingerprint density at radius 3 is 2.56 bits per heavy atom. The van der Waals surface area contributed by atoms with E-state index in [2.05, 4.69) is 60.5 Å². The van der Waals surface area contributed by atoms with Crippen molar-refractivity contribution < 1.29 is 0 Å². The second kappa shape index (κ2) is 3.24. The monoisotopic (exact) mass is 207 g/mol. The van der Waals surface area contributed by atoms with E-state index < -0.39 is 0 Å². The molecule has 3 rings (SSSR count). The molecule has 2 aromatic carbocycles. The largest absolute Gasteiger partial charge is 0.317 e. The maximum absolute atomic E-state index is 3.89. The molecule has 0 aliphatic carbocycles. The van der Waals surface area contributed by atoms with Crippen LogP contribution in [-0.2, 0) is 0 Å². The molecule has 0 bridgehead atoms. The van der Waals surface area contributed by atoms with Crippen LogP contribution in [0, 0.1) is 6.92 Å². The van der Waals surface area contributed by atoms with Gasteiger partial charge in [-0.3, -0.25) is 0 Å². The molecule has 78 valence electrons. The van der Waals surface area contributed by atoms with Crippen LogP contribution in [-0.4, -0.2) is 4.57 Å². The first-order chi connectivity index (χ1) is 7.81. The van der Waals surface area contributed by atoms with E-state index in [1.807, 2.05) is 6.20 Å². The number of aromatic nitrogens is 1. The lowest BCUT2D eigenvalue weighted by Gasteiger charge is -1.98. The molecule has 0 aliphatic rings. The fraction of sp³-hybridized carbons (Fsp3) is 0.0667. The summed E-state index contributed by atoms with van der Waals surface area (Å²) in [6, 6.07) is 15.0. The quantitative estimate of drug-likeness (QED) is 0.563. The lowest BCUT2D eigenvalue weighted by atomic mass is 10.1. The number of hydrogen-bond acceptors (Lipinski definition) is 0. The Hall–Kier alpha value is -2.02. The zero-order valence-corrected chi connectivity index (χ0v) is 9.27. The van der Waals surface area contributed by atoms with Gasteiger partial charge in [0.15, 0.2) is 0 Å². The molecule has 0 spiro atoms. The summed E-state index contributed by atoms with van der Waals surface area (Å²) in [5.41, 5.74) is 3.74. The molecule has 1 heterocycles. The topological polar surface area (TPSA) is 4.93 Å². The Bertz CT molecular complexity index is 689. The van der Waals surface area contributed by atoms with Gasteiger partial charge in [0.25, 0.3) is 0 Å². The number of aryl methyl sites for hydroxylation is 1. The van der Waals surface area contributed by atoms with Crippen LogP contribution in [0.2, 0.25) is 0 Å². The first-order valence-electron chi connectivity index (χ1n) is 5.43. The maximum Gasteiger partial charge on any atom is 0.0534 e. The Balaban J connectivity index is 2.64. The number of rotatable bonds is 1. The van der Waals surface area contributed by atoms with Crippen LogP contribution < -0.4 is 0 Å². The molecular formula is C15H13N. The van der Waals surface area contributed by atoms with Gasteiger partial charge in [-0.1, -0.05) is 36.4 Å². The van der Waals surface area contributed by atoms with Crippen molar-refractivity contribution in [2.45, 2.75) is 6.92 Å². The number of para-hydroxylation sites is 1. The van der Waals surface area contributed by atoms with E-state index in [-0.39, 0.29) is 0 Å². The molecule has 1 nitrogen and oxygen atoms in total. The fourth-order valence-corrected chi connectivity index (χ4v) is 2.31. The number of hydrogen-bond donors (Lipinski definition) is 0. The van der Waals surface area contributed by atoms with Gasteiger partial charge in [-0.25, -0.2) is 0 Å². The van der Waals surface area contributed by atoms with Crippen molar-refractivity contribution in [1.82, 2.24) is 4.57 Å². The minimum atomic E-state index is 1.22. The molecule has 0 fully saturated rings. The van der Waals surface area contributed by atoms with E-state index in [1.54, 1.807) is 0 Å². The zero-order chi connectivity index (χ0) is 11.1. The van der Waals surface area contributed by atoms with E-state index in [0.29, 0.717) is 0 Å². The predicted octanol–water partition coefficient (Wildman–Crippen LogP) is 4.20. The predicted molar refractivity (Wildman–Crippen MR) is 70.6 cm³/mol. The summed E-state index contributed by atoms with van der Waals surface area (Å²) in [6.45, 7) is 6.01. The third-order valence-electron chi connectivity index (χ3n) is 3.05. The van der Waals surface area contributed by atoms with E-state index in [1.165, 1.54) is 27.4 Å². The van der Waals surface area contributed by atoms with Crippen LogP contribution in [0.25, 0.3) is 28.0 Å². The van der Waals surface area contributed by atoms with Crippen molar-refractivity contribution in [1.29, 1.82) is 0 Å². The molecule has 0 atom stereocenters. The first kappa shape index (κ1) is 9.22. The standard InChI is InChI=1S/C15H13N/c1-3-16-14-7-5-4-6-12(14)13-10-11(2)8-9-15(13)16/h3-10H,1H2,2H3. The van der Waals surface area contributed by atoms with Gasteiger partial charge in [0.1, 0.15) is 0 Å². The molecule has 1 aromatic heterocycles. The zero-order valence-electron chi connectivity index (χ0n) is 9.27. The summed E-state index contributed by atoms with van der Waals surface area (Å²) < 4.78 is 2.14. The third kappa shape index (κ3) is 1.12. The normalized spacial score (nSPS) is 11.1. The smallest absolute Gasteiger partial charge is 0.0534 e. The SMILES string of the molecule is C=Cn1c2ccccc2c2cc(C)ccc21. The van der Waals surface area contributed by atoms with Gasteiger partial charge in [-0.2, -0.15) is 0 Å². The van der Waals surface area contributed by atoms with E-state index in [0.717, 1.165) is 0 Å². The van der Waals surface area contributed by atoms with Crippen molar-refractivity contribution in [2.24, 2.45) is 0 Å². The minimum absolute atomic E-state index is 1.22. The van der Waals surface area contributed by atoms with Gasteiger partial charge in [0.05, 0.1) is 11.0 Å². The average Bonchev–Trinajstić information content (AvgIpc) is 2.62. The second-order valence-electron chi connectivity index (χ2n) is 4.09. The van der Waals surface area contributed by atoms with Crippen LogP contribution in [0.1, 0.15) is 5.56 Å². The van der Waals surface area contributed by atoms with Crippen molar-refractivity contribution in [3.05, 3.63) is 54.6 Å². The highest BCUT2D eigenvalue weighted by atomic mass is 14.9. The summed E-state index contributed by atoms with van der Waals surface area (Å²) >= 11 is 0. The molecule has 0 aliphatic heterocycles. The highest BCUT2D eigenvalue weighted by Gasteiger charge is 2.07. The number of fused-ring (bicyclic) bond motifs is 3. The fourth-order valence-electron chi connectivity index (χ4n) is 2.31. The summed E-state index contributed by atoms with van der Waals surface area (Å²) in [4.78, 5) is 0. The summed E-state index contributed by atoms with van der Waals surface area (Å²) in [7, 11) is 0. The lowest BCUT2D eigenvalue weighted by Crippen LogP contribution is -1.83. The molecule has 0 saturated carbocycles. The Labute approximate surface area is 94.6 Å². The molecular weight excluding hydrogens is 194 g/mol. The van der Waals surface area contributed by atoms with Gasteiger partial charge in [-0.05, 0) is 25.1 Å². The van der Waals surface area contributed by atoms with Crippen molar-refractivity contribution in [3.8, 4) is 0 Å². The van der Waals surface area contributed by atoms with Gasteiger partial charge >= 0.3 is 0 Å². The van der Waals surface area contributed by atoms with Crippen molar-refractivity contribution in [3.63, 3.8) is 0 Å². The molecule has 0 amide bonds. The first-order valence-corrected chi connectivity index (χ1v) is 5.43. The van der Waals surface area contributed by atoms with E-state index >= 15 is 0 Å². The summed E-state index contributed by atoms with van der Waals surface area (Å²) in [6.07, 6.45) is 1.88. The maximum atomic E-state index is 3.89. The van der Waals surface area contributed by atoms with Gasteiger partial charge in [0.2, 0.25) is 0 Å². The van der Waals surface area contributed by atoms with Crippen LogP contribution in [0.3, 0.4) is 0 Å². The molecule has 1 heteroatoms. The van der Waals surface area contributed by atoms with Crippen LogP contribution in [0.4, 0.5) is 0 Å². The molecule has 3 aromatic rings. The highest BCUT2D eigenvalue weighted by Crippen LogP contribution is 2.29. The number of benzene rings is 2. The minimum Gasteiger partial charge on any atom is -0.317 e. The molecule has 0 unspecified atom stereocenters. The lowest BCUT2D eigenvalue weighted by molar-refractivity contribution is 1.29. The van der Waals surface area contributed by atoms with Gasteiger partial charge < -0.3 is 4.57 Å². The highest BCUT2D eigenvalue weighted by molar-refractivity contribution is 6.09. The van der Waals surface area contributed by atoms with Crippen molar-refractivity contribution in [2.75, 3.05) is 0 Å². The van der Waals surface area contributed by atoms with Crippen LogP contribution in [0.15, 0.2) is 49.0 Å². The molecule has 0 N–H and O–H groups in total. The number of nitrogens with zero attached hydrogens (tertiary/aromatic N) is 1. The summed E-state index contributed by atoms with van der Waals surface area (Å²) in [5.74, 6) is 0. The van der Waals surface area contributed by atoms with Gasteiger partial charge in [-0.15, -0.1) is 0 Å². The van der Waals surface area contributed by atoms with E-state index in [4.69, 9.17) is 0 Å². The molecule has 16 heavy (non-hydrogen) atoms. The summed E-state index contributed by atoms with van der Waals surface area (Å²) in [5, 5.41) is 2.59. The Morgan fingerprint density at radius 1 is 1.00 bits per heavy atom. The van der Waals surface area contributed by atoms with Gasteiger partial charge in [0, 0.05) is 17.0 Å². The average molecular weight is 207 g/mol. The molecule has 0 saturated heterocycles. The van der Waals surface area contributed by atoms with Crippen LogP contribution in [0.5, 0.6) is 0 Å². The van der Waals surface area contributed by atoms with Crippen LogP contribution >= 0.6 is 0 Å². The second-order valence-corrected chi connectivity index (χ2v) is 4.09. The third-order valence-corrected chi connectivity index (χ3v) is 3.05. The Morgan fingerprint density at radius 2 is 1.75 bits per heavy atom. The van der Waals surface area contributed by atoms with Crippen molar-refractivity contribution >= 4 is 28.0 Å². The Kier molecular flexibility index (Phi) is 1.87.